The number of rotatable bonds is 5. The maximum atomic E-state index is 13.6. The van der Waals surface area contributed by atoms with Crippen molar-refractivity contribution in [3.05, 3.63) is 70.4 Å². The van der Waals surface area contributed by atoms with E-state index in [-0.39, 0.29) is 23.6 Å². The van der Waals surface area contributed by atoms with Crippen LogP contribution in [-0.4, -0.2) is 45.9 Å². The van der Waals surface area contributed by atoms with E-state index in [1.807, 2.05) is 36.9 Å². The second-order valence-corrected chi connectivity index (χ2v) is 9.93. The standard InChI is InChI=1S/C25H25N3O3S/c1-14-5-3-6-16(9-14)23-22(27-15(2)32-23)25(31)28-13-18-11-20(18)21(28)12-26-24(30)17-7-4-8-19(29)10-17/h3-10,18,20-21,29H,11-13H2,1-2H3,(H,26,30). The van der Waals surface area contributed by atoms with Gasteiger partial charge in [0.2, 0.25) is 0 Å². The number of carbonyl (C=O) groups excluding carboxylic acids is 2. The molecule has 0 radical (unpaired) electrons. The van der Waals surface area contributed by atoms with Gasteiger partial charge in [0.25, 0.3) is 11.8 Å². The lowest BCUT2D eigenvalue weighted by Crippen LogP contribution is -2.45. The van der Waals surface area contributed by atoms with Gasteiger partial charge in [-0.3, -0.25) is 9.59 Å². The quantitative estimate of drug-likeness (QED) is 0.619. The van der Waals surface area contributed by atoms with E-state index < -0.39 is 0 Å². The molecule has 2 aliphatic rings. The zero-order chi connectivity index (χ0) is 22.4. The summed E-state index contributed by atoms with van der Waals surface area (Å²) in [5.74, 6) is 0.673. The molecule has 1 aromatic heterocycles. The van der Waals surface area contributed by atoms with Gasteiger partial charge in [-0.05, 0) is 55.9 Å². The second-order valence-electron chi connectivity index (χ2n) is 8.72. The molecular formula is C25H25N3O3S. The van der Waals surface area contributed by atoms with Crippen molar-refractivity contribution in [2.75, 3.05) is 13.1 Å². The first-order chi connectivity index (χ1) is 15.4. The zero-order valence-electron chi connectivity index (χ0n) is 18.0. The number of thiazole rings is 1. The van der Waals surface area contributed by atoms with Gasteiger partial charge in [-0.25, -0.2) is 4.98 Å². The Morgan fingerprint density at radius 1 is 1.19 bits per heavy atom. The molecule has 2 N–H and O–H groups in total. The Bertz CT molecular complexity index is 1200. The van der Waals surface area contributed by atoms with Gasteiger partial charge < -0.3 is 15.3 Å². The summed E-state index contributed by atoms with van der Waals surface area (Å²) in [7, 11) is 0. The first kappa shape index (κ1) is 20.7. The van der Waals surface area contributed by atoms with Crippen LogP contribution in [-0.2, 0) is 0 Å². The summed E-state index contributed by atoms with van der Waals surface area (Å²) in [5.41, 5.74) is 3.06. The van der Waals surface area contributed by atoms with Crippen LogP contribution in [0, 0.1) is 25.7 Å². The van der Waals surface area contributed by atoms with Crippen molar-refractivity contribution in [2.45, 2.75) is 26.3 Å². The maximum absolute atomic E-state index is 13.6. The van der Waals surface area contributed by atoms with Crippen molar-refractivity contribution >= 4 is 23.2 Å². The summed E-state index contributed by atoms with van der Waals surface area (Å²) in [6.45, 7) is 5.07. The topological polar surface area (TPSA) is 82.5 Å². The summed E-state index contributed by atoms with van der Waals surface area (Å²) in [5, 5.41) is 13.5. The second kappa shape index (κ2) is 8.06. The van der Waals surface area contributed by atoms with Gasteiger partial charge in [0.1, 0.15) is 11.4 Å². The Labute approximate surface area is 190 Å². The van der Waals surface area contributed by atoms with Crippen molar-refractivity contribution in [3.8, 4) is 16.2 Å². The molecule has 1 saturated heterocycles. The minimum absolute atomic E-state index is 0.0406. The molecule has 3 unspecified atom stereocenters. The Hall–Kier alpha value is -3.19. The van der Waals surface area contributed by atoms with Crippen LogP contribution in [0.4, 0.5) is 0 Å². The van der Waals surface area contributed by atoms with Crippen LogP contribution in [0.1, 0.15) is 37.8 Å². The highest BCUT2D eigenvalue weighted by Crippen LogP contribution is 2.50. The predicted octanol–water partition coefficient (Wildman–Crippen LogP) is 4.02. The fourth-order valence-electron chi connectivity index (χ4n) is 4.70. The number of nitrogens with one attached hydrogen (secondary N) is 1. The number of amides is 2. The lowest BCUT2D eigenvalue weighted by Gasteiger charge is -2.27. The number of fused-ring (bicyclic) bond motifs is 1. The van der Waals surface area contributed by atoms with Crippen LogP contribution in [0.25, 0.3) is 10.4 Å². The average Bonchev–Trinajstić information content (AvgIpc) is 3.28. The number of hydrogen-bond acceptors (Lipinski definition) is 5. The molecule has 2 aromatic carbocycles. The summed E-state index contributed by atoms with van der Waals surface area (Å²) < 4.78 is 0. The SMILES string of the molecule is Cc1cccc(-c2sc(C)nc2C(=O)N2CC3CC3C2CNC(=O)c2cccc(O)c2)c1. The average molecular weight is 448 g/mol. The number of benzene rings is 2. The monoisotopic (exact) mass is 447 g/mol. The fourth-order valence-corrected chi connectivity index (χ4v) is 5.61. The molecule has 2 fully saturated rings. The molecule has 7 heteroatoms. The normalized spacial score (nSPS) is 21.3. The van der Waals surface area contributed by atoms with Gasteiger partial charge in [0, 0.05) is 18.7 Å². The van der Waals surface area contributed by atoms with E-state index in [1.165, 1.54) is 12.1 Å². The number of carbonyl (C=O) groups is 2. The third kappa shape index (κ3) is 3.88. The van der Waals surface area contributed by atoms with Crippen LogP contribution in [0.3, 0.4) is 0 Å². The Morgan fingerprint density at radius 3 is 2.78 bits per heavy atom. The van der Waals surface area contributed by atoms with E-state index in [4.69, 9.17) is 0 Å². The number of nitrogens with zero attached hydrogens (tertiary/aromatic N) is 2. The molecule has 0 bridgehead atoms. The number of aromatic nitrogens is 1. The number of hydrogen-bond donors (Lipinski definition) is 2. The van der Waals surface area contributed by atoms with Crippen molar-refractivity contribution in [3.63, 3.8) is 0 Å². The van der Waals surface area contributed by atoms with Crippen LogP contribution < -0.4 is 5.32 Å². The fraction of sp³-hybridized carbons (Fsp3) is 0.320. The van der Waals surface area contributed by atoms with Crippen LogP contribution in [0.5, 0.6) is 5.75 Å². The van der Waals surface area contributed by atoms with E-state index >= 15 is 0 Å². The van der Waals surface area contributed by atoms with Crippen molar-refractivity contribution < 1.29 is 14.7 Å². The molecular weight excluding hydrogens is 422 g/mol. The highest BCUT2D eigenvalue weighted by Gasteiger charge is 2.54. The third-order valence-electron chi connectivity index (χ3n) is 6.36. The Kier molecular flexibility index (Phi) is 5.21. The summed E-state index contributed by atoms with van der Waals surface area (Å²) in [6.07, 6.45) is 1.09. The Morgan fingerprint density at radius 2 is 2.00 bits per heavy atom. The number of likely N-dealkylation sites (tertiary alicyclic amines) is 1. The number of piperidine rings is 1. The van der Waals surface area contributed by atoms with Crippen LogP contribution >= 0.6 is 11.3 Å². The van der Waals surface area contributed by atoms with E-state index in [0.717, 1.165) is 27.4 Å². The number of aryl methyl sites for hydroxylation is 2. The molecule has 3 aromatic rings. The molecule has 3 atom stereocenters. The number of phenols is 1. The summed E-state index contributed by atoms with van der Waals surface area (Å²) >= 11 is 1.54. The van der Waals surface area contributed by atoms with Crippen LogP contribution in [0.15, 0.2) is 48.5 Å². The first-order valence-electron chi connectivity index (χ1n) is 10.8. The molecule has 2 amide bonds. The largest absolute Gasteiger partial charge is 0.508 e. The molecule has 6 nitrogen and oxygen atoms in total. The van der Waals surface area contributed by atoms with Gasteiger partial charge in [-0.15, -0.1) is 11.3 Å². The Balaban J connectivity index is 1.36. The molecule has 164 valence electrons. The highest BCUT2D eigenvalue weighted by molar-refractivity contribution is 7.15. The lowest BCUT2D eigenvalue weighted by atomic mass is 10.1. The highest BCUT2D eigenvalue weighted by atomic mass is 32.1. The van der Waals surface area contributed by atoms with E-state index in [0.29, 0.717) is 36.2 Å². The van der Waals surface area contributed by atoms with Crippen molar-refractivity contribution in [1.29, 1.82) is 0 Å². The molecule has 1 saturated carbocycles. The predicted molar refractivity (Wildman–Crippen MR) is 124 cm³/mol. The summed E-state index contributed by atoms with van der Waals surface area (Å²) in [6, 6.07) is 14.4. The minimum Gasteiger partial charge on any atom is -0.508 e. The van der Waals surface area contributed by atoms with E-state index in [2.05, 4.69) is 16.4 Å². The molecule has 1 aliphatic carbocycles. The zero-order valence-corrected chi connectivity index (χ0v) is 18.9. The molecule has 5 rings (SSSR count). The number of aromatic hydroxyl groups is 1. The van der Waals surface area contributed by atoms with E-state index in [1.54, 1.807) is 23.5 Å². The minimum atomic E-state index is -0.248. The molecule has 2 heterocycles. The van der Waals surface area contributed by atoms with Gasteiger partial charge >= 0.3 is 0 Å². The number of phenolic OH excluding ortho intramolecular Hbond substituents is 1. The smallest absolute Gasteiger partial charge is 0.274 e. The first-order valence-corrected chi connectivity index (χ1v) is 11.6. The van der Waals surface area contributed by atoms with Gasteiger partial charge in [0.15, 0.2) is 0 Å². The lowest BCUT2D eigenvalue weighted by molar-refractivity contribution is 0.0690. The van der Waals surface area contributed by atoms with E-state index in [9.17, 15) is 14.7 Å². The third-order valence-corrected chi connectivity index (χ3v) is 7.38. The maximum Gasteiger partial charge on any atom is 0.274 e. The van der Waals surface area contributed by atoms with Crippen molar-refractivity contribution in [1.82, 2.24) is 15.2 Å². The van der Waals surface area contributed by atoms with Gasteiger partial charge in [-0.2, -0.15) is 0 Å². The van der Waals surface area contributed by atoms with Crippen LogP contribution in [0.2, 0.25) is 0 Å². The molecule has 1 aliphatic heterocycles. The molecule has 0 spiro atoms. The van der Waals surface area contributed by atoms with Crippen molar-refractivity contribution in [2.24, 2.45) is 11.8 Å². The van der Waals surface area contributed by atoms with Gasteiger partial charge in [-0.1, -0.05) is 35.9 Å². The van der Waals surface area contributed by atoms with Gasteiger partial charge in [0.05, 0.1) is 15.9 Å². The molecule has 32 heavy (non-hydrogen) atoms. The summed E-state index contributed by atoms with van der Waals surface area (Å²) in [4.78, 5) is 33.6.